The average molecular weight is 320 g/mol. The first-order valence-electron chi connectivity index (χ1n) is 0.289. The first kappa shape index (κ1) is 37.6. The topological polar surface area (TPSA) is 23.1 Å². The second-order valence-electron chi connectivity index (χ2n) is 0. The van der Waals surface area contributed by atoms with Crippen molar-refractivity contribution in [1.82, 2.24) is 0 Å². The molecule has 0 aliphatic rings. The molecule has 0 aromatic carbocycles. The fraction of sp³-hybridized carbons (Fsp3) is 0. The van der Waals surface area contributed by atoms with Gasteiger partial charge in [-0.15, -0.1) is 0 Å². The Balaban J connectivity index is -0.00000000500. The van der Waals surface area contributed by atoms with Gasteiger partial charge in [0.1, 0.15) is 0 Å². The summed E-state index contributed by atoms with van der Waals surface area (Å²) in [5.74, 6) is 0. The first-order valence-corrected chi connectivity index (χ1v) is 0.289. The predicted molar refractivity (Wildman–Crippen MR) is 5.36 cm³/mol. The fourth-order valence-electron chi connectivity index (χ4n) is 0. The van der Waals surface area contributed by atoms with Gasteiger partial charge < -0.3 is 12.2 Å². The van der Waals surface area contributed by atoms with Crippen LogP contribution in [0.1, 0.15) is 0 Å². The van der Waals surface area contributed by atoms with Crippen molar-refractivity contribution in [3.63, 3.8) is 0 Å². The van der Waals surface area contributed by atoms with Crippen molar-refractivity contribution >= 4 is 0 Å². The predicted octanol–water partition coefficient (Wildman–Crippen LogP) is -3.86. The third-order valence-corrected chi connectivity index (χ3v) is 0. The third-order valence-electron chi connectivity index (χ3n) is 0. The van der Waals surface area contributed by atoms with Crippen LogP contribution in [-0.4, -0.2) is 0 Å². The van der Waals surface area contributed by atoms with Crippen LogP contribution in [0.15, 0.2) is 0 Å². The Labute approximate surface area is 41.9 Å². The van der Waals surface area contributed by atoms with Crippen LogP contribution in [0.25, 0.3) is 0 Å². The van der Waals surface area contributed by atoms with Gasteiger partial charge in [-0.2, -0.15) is 0 Å². The van der Waals surface area contributed by atoms with E-state index in [1.807, 2.05) is 7.11 Å². The van der Waals surface area contributed by atoms with Crippen molar-refractivity contribution < 1.29 is 34.7 Å². The summed E-state index contributed by atoms with van der Waals surface area (Å²) in [6.07, 6.45) is 0. The molecule has 3 heteroatoms. The van der Waals surface area contributed by atoms with E-state index >= 15 is 0 Å². The first-order chi connectivity index (χ1) is 1.00. The monoisotopic (exact) mass is 320 g/mol. The van der Waals surface area contributed by atoms with Crippen molar-refractivity contribution in [1.29, 1.82) is 0 Å². The number of hydrogen-bond acceptors (Lipinski definition) is 1. The molecule has 4 heavy (non-hydrogen) atoms. The van der Waals surface area contributed by atoms with Crippen molar-refractivity contribution in [2.24, 2.45) is 0 Å². The molecule has 1 nitrogen and oxygen atoms in total. The standard InChI is InChI=1S/CH2O.Na.Rf/c1-2;;/h1H2;;/q-2;+1;. The summed E-state index contributed by atoms with van der Waals surface area (Å²) in [6.45, 7) is 0. The van der Waals surface area contributed by atoms with E-state index < -0.39 is 0 Å². The summed E-state index contributed by atoms with van der Waals surface area (Å²) < 4.78 is 0. The van der Waals surface area contributed by atoms with Gasteiger partial charge >= 0.3 is 29.6 Å². The third kappa shape index (κ3) is 1130. The van der Waals surface area contributed by atoms with Crippen LogP contribution in [0.4, 0.5) is 0 Å². The quantitative estimate of drug-likeness (QED) is 0.331. The van der Waals surface area contributed by atoms with E-state index in [0.717, 1.165) is 0 Å². The molecule has 0 N–H and O–H groups in total. The Hall–Kier alpha value is -0.0400. The van der Waals surface area contributed by atoms with E-state index in [2.05, 4.69) is 0 Å². The summed E-state index contributed by atoms with van der Waals surface area (Å²) in [7, 11) is 2.00. The van der Waals surface area contributed by atoms with Crippen molar-refractivity contribution in [3.8, 4) is 0 Å². The molecule has 0 rings (SSSR count). The Kier molecular flexibility index (Phi) is 66900. The molecule has 0 amide bonds. The van der Waals surface area contributed by atoms with Crippen LogP contribution >= 0.6 is 0 Å². The smallest absolute Gasteiger partial charge is 1.00 e. The maximum atomic E-state index is 8.00. The molecule has 0 aliphatic heterocycles. The molecule has 0 aliphatic carbocycles. The van der Waals surface area contributed by atoms with E-state index in [4.69, 9.17) is 5.11 Å². The second kappa shape index (κ2) is 7110. The van der Waals surface area contributed by atoms with Gasteiger partial charge in [-0.25, -0.2) is 0 Å². The van der Waals surface area contributed by atoms with E-state index in [0.29, 0.717) is 0 Å². The largest absolute Gasteiger partial charge is 1.03 e. The molecule has 0 saturated carbocycles. The molecular formula is CH2NaORf-. The Morgan fingerprint density at radius 3 is 1.25 bits per heavy atom. The Morgan fingerprint density at radius 2 is 1.25 bits per heavy atom. The normalized spacial score (nSPS) is 1.50. The van der Waals surface area contributed by atoms with Crippen LogP contribution in [-0.2, 0) is 0 Å². The molecule has 0 aromatic rings. The van der Waals surface area contributed by atoms with E-state index in [1.165, 1.54) is 0 Å². The van der Waals surface area contributed by atoms with Gasteiger partial charge in [0, 0.05) is 0 Å². The zero-order valence-corrected chi connectivity index (χ0v) is 11.2. The van der Waals surface area contributed by atoms with Gasteiger partial charge in [-0.05, 0) is 0 Å². The van der Waals surface area contributed by atoms with E-state index in [9.17, 15) is 0 Å². The van der Waals surface area contributed by atoms with Gasteiger partial charge in [0.15, 0.2) is 0 Å². The van der Waals surface area contributed by atoms with Gasteiger partial charge in [-0.3, -0.25) is 0 Å². The van der Waals surface area contributed by atoms with Gasteiger partial charge in [0.2, 0.25) is 0 Å². The molecule has 0 aromatic heterocycles. The number of hydrogen-bond donors (Lipinski definition) is 0. The summed E-state index contributed by atoms with van der Waals surface area (Å²) in [6, 6.07) is 0. The van der Waals surface area contributed by atoms with Crippen LogP contribution in [0.5, 0.6) is 0 Å². The molecule has 0 bridgehead atoms. The van der Waals surface area contributed by atoms with E-state index in [-0.39, 0.29) is 29.6 Å². The molecular weight excluding hydrogens is 318 g/mol. The molecule has 0 saturated heterocycles. The minimum Gasteiger partial charge on any atom is -1.03 e. The molecule has 0 atom stereocenters. The summed E-state index contributed by atoms with van der Waals surface area (Å²) in [5, 5.41) is 8.00. The minimum atomic E-state index is 0. The van der Waals surface area contributed by atoms with Crippen LogP contribution in [0.2, 0.25) is 0 Å². The van der Waals surface area contributed by atoms with E-state index in [1.54, 1.807) is 0 Å². The van der Waals surface area contributed by atoms with Gasteiger partial charge in [-0.1, -0.05) is 0 Å². The second-order valence-corrected chi connectivity index (χ2v) is 0. The summed E-state index contributed by atoms with van der Waals surface area (Å²) >= 11 is 0. The fourth-order valence-corrected chi connectivity index (χ4v) is 0. The number of rotatable bonds is 0. The van der Waals surface area contributed by atoms with Crippen LogP contribution < -0.4 is 34.7 Å². The summed E-state index contributed by atoms with van der Waals surface area (Å²) in [5.41, 5.74) is 0. The minimum absolute atomic E-state index is 0. The SMILES string of the molecule is [CH2-][O-].[Na+].[Rf]. The average Bonchev–Trinajstić information content (AvgIpc) is 1.00. The molecule has 0 fully saturated rings. The van der Waals surface area contributed by atoms with Crippen LogP contribution in [0.3, 0.4) is 0 Å². The van der Waals surface area contributed by atoms with Crippen LogP contribution in [0, 0.1) is 7.11 Å². The maximum absolute atomic E-state index is 8.00. The van der Waals surface area contributed by atoms with Crippen molar-refractivity contribution in [2.75, 3.05) is 0 Å². The molecule has 16 valence electrons. The molecule has 0 radical (unpaired) electrons. The van der Waals surface area contributed by atoms with Crippen molar-refractivity contribution in [2.45, 2.75) is 0 Å². The molecule has 0 unspecified atom stereocenters. The zero-order chi connectivity index (χ0) is 2.00. The summed E-state index contributed by atoms with van der Waals surface area (Å²) in [4.78, 5) is 0. The zero-order valence-electron chi connectivity index (χ0n) is 2.82. The Bertz CT molecular complexity index is 8.00. The Morgan fingerprint density at radius 1 is 1.25 bits per heavy atom. The molecule has 0 spiro atoms. The van der Waals surface area contributed by atoms with Gasteiger partial charge in [0.25, 0.3) is 0 Å². The van der Waals surface area contributed by atoms with Gasteiger partial charge in [0.05, 0.1) is 0 Å². The maximum Gasteiger partial charge on any atom is 1.00 e. The van der Waals surface area contributed by atoms with Crippen molar-refractivity contribution in [3.05, 3.63) is 7.11 Å². The molecule has 0 heterocycles.